The molecule has 0 aliphatic heterocycles. The van der Waals surface area contributed by atoms with Crippen LogP contribution in [-0.4, -0.2) is 0 Å². The molecule has 6 heteroatoms. The molecular weight excluding hydrogens is 289 g/mol. The van der Waals surface area contributed by atoms with Crippen LogP contribution in [0.3, 0.4) is 0 Å². The van der Waals surface area contributed by atoms with Crippen LogP contribution in [0.25, 0.3) is 0 Å². The van der Waals surface area contributed by atoms with Gasteiger partial charge >= 0.3 is 0 Å². The second-order valence-electron chi connectivity index (χ2n) is 4.31. The van der Waals surface area contributed by atoms with E-state index in [1.165, 1.54) is 6.07 Å². The highest BCUT2D eigenvalue weighted by Crippen LogP contribution is 2.24. The molecule has 0 saturated carbocycles. The fourth-order valence-electron chi connectivity index (χ4n) is 1.92. The highest BCUT2D eigenvalue weighted by atomic mass is 35.5. The van der Waals surface area contributed by atoms with Gasteiger partial charge in [0.1, 0.15) is 0 Å². The minimum Gasteiger partial charge on any atom is -0.271 e. The molecule has 3 N–H and O–H groups in total. The first kappa shape index (κ1) is 14.8. The lowest BCUT2D eigenvalue weighted by Crippen LogP contribution is -2.30. The van der Waals surface area contributed by atoms with Crippen molar-refractivity contribution < 1.29 is 13.2 Å². The number of nitrogens with one attached hydrogen (secondary N) is 1. The van der Waals surface area contributed by atoms with Crippen molar-refractivity contribution in [2.75, 3.05) is 0 Å². The fourth-order valence-corrected chi connectivity index (χ4v) is 2.05. The zero-order valence-electron chi connectivity index (χ0n) is 10.3. The van der Waals surface area contributed by atoms with Crippen molar-refractivity contribution in [3.63, 3.8) is 0 Å². The molecule has 0 saturated heterocycles. The van der Waals surface area contributed by atoms with Crippen LogP contribution in [0.15, 0.2) is 36.4 Å². The van der Waals surface area contributed by atoms with E-state index in [9.17, 15) is 13.2 Å². The summed E-state index contributed by atoms with van der Waals surface area (Å²) in [4.78, 5) is 0. The molecule has 0 radical (unpaired) electrons. The Bertz CT molecular complexity index is 602. The Kier molecular flexibility index (Phi) is 4.65. The Labute approximate surface area is 119 Å². The van der Waals surface area contributed by atoms with Gasteiger partial charge in [0.2, 0.25) is 0 Å². The van der Waals surface area contributed by atoms with Crippen LogP contribution < -0.4 is 11.3 Å². The summed E-state index contributed by atoms with van der Waals surface area (Å²) in [6, 6.07) is 8.26. The molecule has 2 rings (SSSR count). The molecule has 1 unspecified atom stereocenters. The predicted molar refractivity (Wildman–Crippen MR) is 71.5 cm³/mol. The second-order valence-corrected chi connectivity index (χ2v) is 4.75. The number of rotatable bonds is 4. The van der Waals surface area contributed by atoms with E-state index in [0.29, 0.717) is 11.4 Å². The second kappa shape index (κ2) is 6.26. The quantitative estimate of drug-likeness (QED) is 0.515. The summed E-state index contributed by atoms with van der Waals surface area (Å²) in [5.74, 6) is 1.42. The average molecular weight is 301 g/mol. The van der Waals surface area contributed by atoms with Gasteiger partial charge in [-0.3, -0.25) is 11.3 Å². The van der Waals surface area contributed by atoms with E-state index in [2.05, 4.69) is 5.43 Å². The molecule has 0 spiro atoms. The van der Waals surface area contributed by atoms with Gasteiger partial charge in [0, 0.05) is 10.6 Å². The van der Waals surface area contributed by atoms with Crippen molar-refractivity contribution >= 4 is 11.6 Å². The van der Waals surface area contributed by atoms with Crippen molar-refractivity contribution in [3.8, 4) is 0 Å². The van der Waals surface area contributed by atoms with Crippen molar-refractivity contribution in [2.24, 2.45) is 5.84 Å². The van der Waals surface area contributed by atoms with Crippen LogP contribution in [0, 0.1) is 17.5 Å². The summed E-state index contributed by atoms with van der Waals surface area (Å²) >= 11 is 5.77. The normalized spacial score (nSPS) is 12.4. The zero-order chi connectivity index (χ0) is 14.7. The van der Waals surface area contributed by atoms with Gasteiger partial charge in [-0.2, -0.15) is 0 Å². The van der Waals surface area contributed by atoms with E-state index in [4.69, 9.17) is 17.4 Å². The molecule has 0 bridgehead atoms. The zero-order valence-corrected chi connectivity index (χ0v) is 11.1. The molecule has 2 aromatic rings. The minimum atomic E-state index is -1.50. The Morgan fingerprint density at radius 3 is 2.25 bits per heavy atom. The lowest BCUT2D eigenvalue weighted by molar-refractivity contribution is 0.425. The molecular formula is C14H12ClF3N2. The lowest BCUT2D eigenvalue weighted by Gasteiger charge is -2.17. The first-order valence-corrected chi connectivity index (χ1v) is 6.24. The number of hydrogen-bond donors (Lipinski definition) is 2. The average Bonchev–Trinajstić information content (AvgIpc) is 2.45. The van der Waals surface area contributed by atoms with Gasteiger partial charge in [-0.05, 0) is 30.2 Å². The molecule has 0 amide bonds. The van der Waals surface area contributed by atoms with Crippen LogP contribution in [-0.2, 0) is 6.42 Å². The molecule has 1 atom stereocenters. The van der Waals surface area contributed by atoms with Crippen LogP contribution in [0.4, 0.5) is 13.2 Å². The SMILES string of the molecule is NNC(Cc1ccc(Cl)cc1)c1ccc(F)c(F)c1F. The third-order valence-corrected chi connectivity index (χ3v) is 3.25. The smallest absolute Gasteiger partial charge is 0.194 e. The van der Waals surface area contributed by atoms with Gasteiger partial charge < -0.3 is 0 Å². The standard InChI is InChI=1S/C14H12ClF3N2/c15-9-3-1-8(2-4-9)7-12(20-19)10-5-6-11(16)14(18)13(10)17/h1-6,12,20H,7,19H2. The van der Waals surface area contributed by atoms with Crippen LogP contribution in [0.2, 0.25) is 5.02 Å². The third-order valence-electron chi connectivity index (χ3n) is 2.99. The summed E-state index contributed by atoms with van der Waals surface area (Å²) in [7, 11) is 0. The lowest BCUT2D eigenvalue weighted by atomic mass is 9.98. The van der Waals surface area contributed by atoms with E-state index in [1.807, 2.05) is 0 Å². The van der Waals surface area contributed by atoms with Gasteiger partial charge in [-0.1, -0.05) is 29.8 Å². The molecule has 20 heavy (non-hydrogen) atoms. The highest BCUT2D eigenvalue weighted by Gasteiger charge is 2.20. The molecule has 0 aliphatic carbocycles. The fraction of sp³-hybridized carbons (Fsp3) is 0.143. The van der Waals surface area contributed by atoms with Gasteiger partial charge in [0.05, 0.1) is 6.04 Å². The minimum absolute atomic E-state index is 0.0265. The van der Waals surface area contributed by atoms with Crippen molar-refractivity contribution in [1.29, 1.82) is 0 Å². The summed E-state index contributed by atoms with van der Waals surface area (Å²) < 4.78 is 39.9. The number of benzene rings is 2. The number of nitrogens with two attached hydrogens (primary N) is 1. The molecule has 0 heterocycles. The molecule has 0 aromatic heterocycles. The van der Waals surface area contributed by atoms with Gasteiger partial charge in [-0.15, -0.1) is 0 Å². The molecule has 0 fully saturated rings. The van der Waals surface area contributed by atoms with Crippen molar-refractivity contribution in [2.45, 2.75) is 12.5 Å². The summed E-state index contributed by atoms with van der Waals surface area (Å²) in [6.07, 6.45) is 0.315. The largest absolute Gasteiger partial charge is 0.271 e. The number of hydrogen-bond acceptors (Lipinski definition) is 2. The van der Waals surface area contributed by atoms with Crippen LogP contribution in [0.1, 0.15) is 17.2 Å². The van der Waals surface area contributed by atoms with Crippen molar-refractivity contribution in [3.05, 3.63) is 70.0 Å². The summed E-state index contributed by atoms with van der Waals surface area (Å²) in [5.41, 5.74) is 3.22. The molecule has 0 aliphatic rings. The molecule has 106 valence electrons. The number of hydrazine groups is 1. The van der Waals surface area contributed by atoms with Crippen LogP contribution in [0.5, 0.6) is 0 Å². The molecule has 2 nitrogen and oxygen atoms in total. The number of halogens is 4. The van der Waals surface area contributed by atoms with Crippen molar-refractivity contribution in [1.82, 2.24) is 5.43 Å². The Balaban J connectivity index is 2.29. The van der Waals surface area contributed by atoms with Crippen LogP contribution >= 0.6 is 11.6 Å². The van der Waals surface area contributed by atoms with E-state index < -0.39 is 23.5 Å². The van der Waals surface area contributed by atoms with Gasteiger partial charge in [-0.25, -0.2) is 13.2 Å². The monoisotopic (exact) mass is 300 g/mol. The third kappa shape index (κ3) is 3.12. The van der Waals surface area contributed by atoms with E-state index in [0.717, 1.165) is 11.6 Å². The maximum absolute atomic E-state index is 13.7. The van der Waals surface area contributed by atoms with E-state index in [1.54, 1.807) is 24.3 Å². The maximum atomic E-state index is 13.7. The highest BCUT2D eigenvalue weighted by molar-refractivity contribution is 6.30. The first-order chi connectivity index (χ1) is 9.52. The summed E-state index contributed by atoms with van der Waals surface area (Å²) in [5, 5.41) is 0.574. The maximum Gasteiger partial charge on any atom is 0.194 e. The summed E-state index contributed by atoms with van der Waals surface area (Å²) in [6.45, 7) is 0. The van der Waals surface area contributed by atoms with E-state index >= 15 is 0 Å². The van der Waals surface area contributed by atoms with Gasteiger partial charge in [0.15, 0.2) is 17.5 Å². The van der Waals surface area contributed by atoms with E-state index in [-0.39, 0.29) is 5.56 Å². The Morgan fingerprint density at radius 2 is 1.65 bits per heavy atom. The molecule has 2 aromatic carbocycles. The Morgan fingerprint density at radius 1 is 1.00 bits per heavy atom. The van der Waals surface area contributed by atoms with Gasteiger partial charge in [0.25, 0.3) is 0 Å². The Hall–Kier alpha value is -1.56. The topological polar surface area (TPSA) is 38.0 Å². The predicted octanol–water partition coefficient (Wildman–Crippen LogP) is 3.50. The first-order valence-electron chi connectivity index (χ1n) is 5.87.